The quantitative estimate of drug-likeness (QED) is 0.558. The molecule has 0 aliphatic rings. The van der Waals surface area contributed by atoms with Crippen molar-refractivity contribution in [3.8, 4) is 0 Å². The predicted molar refractivity (Wildman–Crippen MR) is 109 cm³/mol. The molecule has 0 spiro atoms. The second-order valence-corrected chi connectivity index (χ2v) is 7.38. The number of nitrogens with zero attached hydrogens (tertiary/aromatic N) is 3. The molecule has 29 heavy (non-hydrogen) atoms. The van der Waals surface area contributed by atoms with Gasteiger partial charge in [-0.15, -0.1) is 10.2 Å². The molecule has 3 aromatic rings. The summed E-state index contributed by atoms with van der Waals surface area (Å²) in [6.07, 6.45) is 0. The van der Waals surface area contributed by atoms with Crippen molar-refractivity contribution in [2.24, 2.45) is 7.05 Å². The van der Waals surface area contributed by atoms with Crippen LogP contribution in [-0.4, -0.2) is 32.3 Å². The number of carbonyl (C=O) groups excluding carboxylic acids is 2. The predicted octanol–water partition coefficient (Wildman–Crippen LogP) is 3.27. The molecular formula is C19H17ClFN5O2S. The van der Waals surface area contributed by atoms with Gasteiger partial charge in [-0.3, -0.25) is 9.59 Å². The van der Waals surface area contributed by atoms with Gasteiger partial charge in [0, 0.05) is 23.3 Å². The van der Waals surface area contributed by atoms with Crippen molar-refractivity contribution in [1.82, 2.24) is 20.1 Å². The molecule has 10 heteroatoms. The Morgan fingerprint density at radius 1 is 1.17 bits per heavy atom. The van der Waals surface area contributed by atoms with E-state index in [0.29, 0.717) is 27.3 Å². The summed E-state index contributed by atoms with van der Waals surface area (Å²) in [4.78, 5) is 24.2. The van der Waals surface area contributed by atoms with Crippen LogP contribution >= 0.6 is 23.4 Å². The average molecular weight is 434 g/mol. The molecule has 3 rings (SSSR count). The molecule has 0 saturated heterocycles. The fourth-order valence-electron chi connectivity index (χ4n) is 2.41. The van der Waals surface area contributed by atoms with Crippen LogP contribution in [0.25, 0.3) is 0 Å². The second kappa shape index (κ2) is 9.53. The third kappa shape index (κ3) is 5.78. The summed E-state index contributed by atoms with van der Waals surface area (Å²) in [5.41, 5.74) is 0.835. The van der Waals surface area contributed by atoms with Crippen LogP contribution in [-0.2, 0) is 18.4 Å². The van der Waals surface area contributed by atoms with Gasteiger partial charge in [-0.05, 0) is 36.4 Å². The first-order chi connectivity index (χ1) is 13.9. The highest BCUT2D eigenvalue weighted by Crippen LogP contribution is 2.17. The Balaban J connectivity index is 1.52. The molecule has 1 heterocycles. The van der Waals surface area contributed by atoms with Crippen LogP contribution in [0.4, 0.5) is 10.1 Å². The lowest BCUT2D eigenvalue weighted by Gasteiger charge is -2.07. The summed E-state index contributed by atoms with van der Waals surface area (Å²) in [7, 11) is 1.74. The fourth-order valence-corrected chi connectivity index (χ4v) is 3.33. The van der Waals surface area contributed by atoms with Gasteiger partial charge in [0.25, 0.3) is 5.91 Å². The van der Waals surface area contributed by atoms with Gasteiger partial charge < -0.3 is 15.2 Å². The Morgan fingerprint density at radius 3 is 2.72 bits per heavy atom. The first kappa shape index (κ1) is 20.8. The Labute approximate surface area is 175 Å². The smallest absolute Gasteiger partial charge is 0.251 e. The van der Waals surface area contributed by atoms with Gasteiger partial charge in [-0.2, -0.15) is 0 Å². The number of amides is 2. The van der Waals surface area contributed by atoms with E-state index < -0.39 is 5.82 Å². The van der Waals surface area contributed by atoms with Crippen LogP contribution in [0.3, 0.4) is 0 Å². The number of hydrogen-bond donors (Lipinski definition) is 2. The highest BCUT2D eigenvalue weighted by atomic mass is 35.5. The van der Waals surface area contributed by atoms with E-state index in [4.69, 9.17) is 11.6 Å². The maximum Gasteiger partial charge on any atom is 0.251 e. The molecule has 0 saturated carbocycles. The lowest BCUT2D eigenvalue weighted by atomic mass is 10.2. The molecule has 0 bridgehead atoms. The van der Waals surface area contributed by atoms with Gasteiger partial charge in [0.1, 0.15) is 5.82 Å². The lowest BCUT2D eigenvalue weighted by Crippen LogP contribution is -2.24. The van der Waals surface area contributed by atoms with Crippen molar-refractivity contribution >= 4 is 40.9 Å². The van der Waals surface area contributed by atoms with E-state index in [9.17, 15) is 14.0 Å². The van der Waals surface area contributed by atoms with Crippen molar-refractivity contribution < 1.29 is 14.0 Å². The number of benzene rings is 2. The number of carbonyl (C=O) groups is 2. The van der Waals surface area contributed by atoms with Gasteiger partial charge in [0.2, 0.25) is 5.91 Å². The van der Waals surface area contributed by atoms with Gasteiger partial charge in [0.15, 0.2) is 11.0 Å². The highest BCUT2D eigenvalue weighted by Gasteiger charge is 2.13. The summed E-state index contributed by atoms with van der Waals surface area (Å²) in [6.45, 7) is 0.172. The van der Waals surface area contributed by atoms with Crippen molar-refractivity contribution in [3.05, 3.63) is 70.8 Å². The topological polar surface area (TPSA) is 88.9 Å². The molecule has 0 radical (unpaired) electrons. The van der Waals surface area contributed by atoms with Crippen LogP contribution in [0.1, 0.15) is 16.2 Å². The molecule has 2 aromatic carbocycles. The number of thioether (sulfide) groups is 1. The second-order valence-electron chi connectivity index (χ2n) is 6.00. The standard InChI is InChI=1S/C19H17ClFN5O2S/c1-26-16(10-22-18(28)12-4-2-5-13(20)8-12)24-25-19(26)29-11-17(27)23-15-7-3-6-14(21)9-15/h2-9H,10-11H2,1H3,(H,22,28)(H,23,27). The SMILES string of the molecule is Cn1c(CNC(=O)c2cccc(Cl)c2)nnc1SCC(=O)Nc1cccc(F)c1. The lowest BCUT2D eigenvalue weighted by molar-refractivity contribution is -0.113. The van der Waals surface area contributed by atoms with Gasteiger partial charge >= 0.3 is 0 Å². The summed E-state index contributed by atoms with van der Waals surface area (Å²) < 4.78 is 14.9. The molecule has 2 N–H and O–H groups in total. The maximum absolute atomic E-state index is 13.2. The Bertz CT molecular complexity index is 1040. The zero-order valence-corrected chi connectivity index (χ0v) is 16.9. The molecule has 0 aliphatic carbocycles. The van der Waals surface area contributed by atoms with Crippen molar-refractivity contribution in [2.75, 3.05) is 11.1 Å². The van der Waals surface area contributed by atoms with E-state index in [1.807, 2.05) is 0 Å². The van der Waals surface area contributed by atoms with E-state index in [-0.39, 0.29) is 24.1 Å². The number of nitrogens with one attached hydrogen (secondary N) is 2. The molecule has 0 atom stereocenters. The van der Waals surface area contributed by atoms with E-state index in [2.05, 4.69) is 20.8 Å². The molecule has 0 aliphatic heterocycles. The number of aromatic nitrogens is 3. The van der Waals surface area contributed by atoms with E-state index in [1.165, 1.54) is 30.0 Å². The number of anilines is 1. The normalized spacial score (nSPS) is 10.6. The maximum atomic E-state index is 13.2. The molecule has 1 aromatic heterocycles. The zero-order valence-electron chi connectivity index (χ0n) is 15.4. The van der Waals surface area contributed by atoms with Crippen molar-refractivity contribution in [3.63, 3.8) is 0 Å². The molecule has 150 valence electrons. The number of hydrogen-bond acceptors (Lipinski definition) is 5. The first-order valence-corrected chi connectivity index (χ1v) is 9.89. The minimum absolute atomic E-state index is 0.0807. The Morgan fingerprint density at radius 2 is 1.97 bits per heavy atom. The monoisotopic (exact) mass is 433 g/mol. The van der Waals surface area contributed by atoms with Crippen LogP contribution in [0.5, 0.6) is 0 Å². The summed E-state index contributed by atoms with van der Waals surface area (Å²) in [5, 5.41) is 14.4. The van der Waals surface area contributed by atoms with Gasteiger partial charge in [-0.1, -0.05) is 35.5 Å². The average Bonchev–Trinajstić information content (AvgIpc) is 3.04. The molecule has 7 nitrogen and oxygen atoms in total. The van der Waals surface area contributed by atoms with Crippen LogP contribution in [0, 0.1) is 5.82 Å². The molecular weight excluding hydrogens is 417 g/mol. The fraction of sp³-hybridized carbons (Fsp3) is 0.158. The Hall–Kier alpha value is -2.91. The third-order valence-corrected chi connectivity index (χ3v) is 5.12. The zero-order chi connectivity index (χ0) is 20.8. The summed E-state index contributed by atoms with van der Waals surface area (Å²) >= 11 is 7.08. The molecule has 0 unspecified atom stereocenters. The third-order valence-electron chi connectivity index (χ3n) is 3.86. The van der Waals surface area contributed by atoms with E-state index in [0.717, 1.165) is 0 Å². The number of rotatable bonds is 7. The van der Waals surface area contributed by atoms with Crippen molar-refractivity contribution in [1.29, 1.82) is 0 Å². The van der Waals surface area contributed by atoms with Gasteiger partial charge in [-0.25, -0.2) is 4.39 Å². The van der Waals surface area contributed by atoms with E-state index >= 15 is 0 Å². The summed E-state index contributed by atoms with van der Waals surface area (Å²) in [5.74, 6) is -0.377. The number of halogens is 2. The van der Waals surface area contributed by atoms with Crippen LogP contribution < -0.4 is 10.6 Å². The highest BCUT2D eigenvalue weighted by molar-refractivity contribution is 7.99. The van der Waals surface area contributed by atoms with Crippen molar-refractivity contribution in [2.45, 2.75) is 11.7 Å². The van der Waals surface area contributed by atoms with Gasteiger partial charge in [0.05, 0.1) is 12.3 Å². The van der Waals surface area contributed by atoms with Crippen LogP contribution in [0.2, 0.25) is 5.02 Å². The first-order valence-electron chi connectivity index (χ1n) is 8.52. The Kier molecular flexibility index (Phi) is 6.84. The largest absolute Gasteiger partial charge is 0.345 e. The molecule has 0 fully saturated rings. The van der Waals surface area contributed by atoms with Crippen LogP contribution in [0.15, 0.2) is 53.7 Å². The minimum atomic E-state index is -0.423. The molecule has 2 amide bonds. The van der Waals surface area contributed by atoms with E-state index in [1.54, 1.807) is 41.9 Å². The minimum Gasteiger partial charge on any atom is -0.345 e. The summed E-state index contributed by atoms with van der Waals surface area (Å²) in [6, 6.07) is 12.3.